The van der Waals surface area contributed by atoms with Crippen LogP contribution >= 0.6 is 0 Å². The Bertz CT molecular complexity index is 909. The molecule has 130 valence electrons. The van der Waals surface area contributed by atoms with Crippen LogP contribution in [0, 0.1) is 0 Å². The van der Waals surface area contributed by atoms with Gasteiger partial charge in [-0.2, -0.15) is 0 Å². The molecule has 4 heteroatoms. The van der Waals surface area contributed by atoms with Crippen LogP contribution in [0.15, 0.2) is 73.1 Å². The van der Waals surface area contributed by atoms with Crippen molar-refractivity contribution in [3.63, 3.8) is 0 Å². The van der Waals surface area contributed by atoms with Gasteiger partial charge in [-0.3, -0.25) is 9.78 Å². The van der Waals surface area contributed by atoms with E-state index in [4.69, 9.17) is 5.73 Å². The van der Waals surface area contributed by atoms with E-state index in [2.05, 4.69) is 17.1 Å². The van der Waals surface area contributed by atoms with Crippen LogP contribution in [0.4, 0.5) is 5.69 Å². The molecule has 0 aliphatic carbocycles. The summed E-state index contributed by atoms with van der Waals surface area (Å²) in [5, 5.41) is 0. The summed E-state index contributed by atoms with van der Waals surface area (Å²) >= 11 is 0. The second-order valence-corrected chi connectivity index (χ2v) is 6.60. The molecule has 3 aromatic rings. The highest BCUT2D eigenvalue weighted by atomic mass is 16.2. The fourth-order valence-electron chi connectivity index (χ4n) is 3.50. The van der Waals surface area contributed by atoms with Crippen LogP contribution in [0.25, 0.3) is 11.1 Å². The van der Waals surface area contributed by atoms with Crippen molar-refractivity contribution < 1.29 is 4.79 Å². The lowest BCUT2D eigenvalue weighted by Crippen LogP contribution is -2.31. The Morgan fingerprint density at radius 3 is 2.58 bits per heavy atom. The second-order valence-electron chi connectivity index (χ2n) is 6.60. The number of hydrogen-bond acceptors (Lipinski definition) is 3. The summed E-state index contributed by atoms with van der Waals surface area (Å²) in [5.74, 6) is 0.0803. The molecule has 1 aliphatic rings. The minimum Gasteiger partial charge on any atom is -0.324 e. The summed E-state index contributed by atoms with van der Waals surface area (Å²) < 4.78 is 0. The van der Waals surface area contributed by atoms with E-state index in [0.29, 0.717) is 6.42 Å². The van der Waals surface area contributed by atoms with Gasteiger partial charge in [0.15, 0.2) is 0 Å². The molecule has 2 heterocycles. The van der Waals surface area contributed by atoms with Crippen molar-refractivity contribution in [3.05, 3.63) is 84.2 Å². The molecule has 1 amide bonds. The fraction of sp³-hybridized carbons (Fsp3) is 0.182. The molecule has 0 fully saturated rings. The monoisotopic (exact) mass is 343 g/mol. The molecule has 1 atom stereocenters. The number of rotatable bonds is 4. The van der Waals surface area contributed by atoms with Crippen molar-refractivity contribution in [2.24, 2.45) is 5.73 Å². The highest BCUT2D eigenvalue weighted by Crippen LogP contribution is 2.33. The zero-order valence-electron chi connectivity index (χ0n) is 14.5. The van der Waals surface area contributed by atoms with Crippen LogP contribution in [0.1, 0.15) is 23.6 Å². The van der Waals surface area contributed by atoms with Crippen LogP contribution in [0.3, 0.4) is 0 Å². The first-order valence-corrected chi connectivity index (χ1v) is 8.86. The van der Waals surface area contributed by atoms with E-state index >= 15 is 0 Å². The molecular formula is C22H21N3O. The predicted octanol–water partition coefficient (Wildman–Crippen LogP) is 3.73. The number of benzene rings is 2. The predicted molar refractivity (Wildman–Crippen MR) is 104 cm³/mol. The van der Waals surface area contributed by atoms with Gasteiger partial charge in [0.1, 0.15) is 0 Å². The largest absolute Gasteiger partial charge is 0.324 e. The molecule has 2 aromatic carbocycles. The lowest BCUT2D eigenvalue weighted by molar-refractivity contribution is -0.118. The van der Waals surface area contributed by atoms with E-state index in [1.54, 1.807) is 12.4 Å². The summed E-state index contributed by atoms with van der Waals surface area (Å²) in [5.41, 5.74) is 11.7. The maximum Gasteiger partial charge on any atom is 0.228 e. The molecule has 0 bridgehead atoms. The number of carbonyl (C=O) groups is 1. The summed E-state index contributed by atoms with van der Waals surface area (Å²) in [7, 11) is 0. The van der Waals surface area contributed by atoms with Gasteiger partial charge in [-0.05, 0) is 52.9 Å². The van der Waals surface area contributed by atoms with Crippen LogP contribution in [-0.2, 0) is 11.2 Å². The van der Waals surface area contributed by atoms with Crippen LogP contribution in [0.5, 0.6) is 0 Å². The first kappa shape index (κ1) is 16.5. The Balaban J connectivity index is 1.52. The van der Waals surface area contributed by atoms with Crippen molar-refractivity contribution in [1.29, 1.82) is 0 Å². The Morgan fingerprint density at radius 2 is 1.81 bits per heavy atom. The highest BCUT2D eigenvalue weighted by molar-refractivity contribution is 5.96. The maximum absolute atomic E-state index is 12.8. The SMILES string of the molecule is N[C@H](CC(=O)N1CCc2cc(-c3ccncc3)ccc21)c1ccccc1. The number of fused-ring (bicyclic) bond motifs is 1. The van der Waals surface area contributed by atoms with E-state index in [1.165, 1.54) is 5.56 Å². The van der Waals surface area contributed by atoms with Gasteiger partial charge >= 0.3 is 0 Å². The van der Waals surface area contributed by atoms with Gasteiger partial charge in [-0.25, -0.2) is 0 Å². The summed E-state index contributed by atoms with van der Waals surface area (Å²) in [6.07, 6.45) is 4.78. The number of carbonyl (C=O) groups excluding carboxylic acids is 1. The molecule has 0 saturated heterocycles. The molecule has 0 spiro atoms. The van der Waals surface area contributed by atoms with Crippen molar-refractivity contribution in [3.8, 4) is 11.1 Å². The number of aromatic nitrogens is 1. The van der Waals surface area contributed by atoms with Gasteiger partial charge in [0.05, 0.1) is 0 Å². The molecular weight excluding hydrogens is 322 g/mol. The molecule has 4 rings (SSSR count). The van der Waals surface area contributed by atoms with Crippen molar-refractivity contribution in [1.82, 2.24) is 4.98 Å². The average Bonchev–Trinajstić information content (AvgIpc) is 3.12. The first-order valence-electron chi connectivity index (χ1n) is 8.86. The maximum atomic E-state index is 12.8. The van der Waals surface area contributed by atoms with Gasteiger partial charge in [-0.15, -0.1) is 0 Å². The summed E-state index contributed by atoms with van der Waals surface area (Å²) in [6, 6.07) is 19.8. The molecule has 2 N–H and O–H groups in total. The van der Waals surface area contributed by atoms with Crippen molar-refractivity contribution in [2.45, 2.75) is 18.9 Å². The zero-order chi connectivity index (χ0) is 17.9. The Labute approximate surface area is 153 Å². The Kier molecular flexibility index (Phi) is 4.50. The smallest absolute Gasteiger partial charge is 0.228 e. The average molecular weight is 343 g/mol. The highest BCUT2D eigenvalue weighted by Gasteiger charge is 2.26. The standard InChI is InChI=1S/C22H21N3O/c23-20(17-4-2-1-3-5-17)15-22(26)25-13-10-19-14-18(6-7-21(19)25)16-8-11-24-12-9-16/h1-9,11-12,14,20H,10,13,15,23H2/t20-/m1/s1. The quantitative estimate of drug-likeness (QED) is 0.785. The third-order valence-electron chi connectivity index (χ3n) is 4.91. The number of pyridine rings is 1. The van der Waals surface area contributed by atoms with E-state index in [1.807, 2.05) is 53.4 Å². The minimum atomic E-state index is -0.274. The number of nitrogens with two attached hydrogens (primary N) is 1. The van der Waals surface area contributed by atoms with E-state index in [-0.39, 0.29) is 11.9 Å². The van der Waals surface area contributed by atoms with E-state index in [9.17, 15) is 4.79 Å². The molecule has 26 heavy (non-hydrogen) atoms. The third-order valence-corrected chi connectivity index (χ3v) is 4.91. The third kappa shape index (κ3) is 3.24. The molecule has 0 unspecified atom stereocenters. The Morgan fingerprint density at radius 1 is 1.04 bits per heavy atom. The number of anilines is 1. The van der Waals surface area contributed by atoms with Gasteiger partial charge in [0.2, 0.25) is 5.91 Å². The lowest BCUT2D eigenvalue weighted by Gasteiger charge is -2.20. The van der Waals surface area contributed by atoms with Gasteiger partial charge < -0.3 is 10.6 Å². The van der Waals surface area contributed by atoms with Crippen LogP contribution < -0.4 is 10.6 Å². The molecule has 4 nitrogen and oxygen atoms in total. The zero-order valence-corrected chi connectivity index (χ0v) is 14.5. The topological polar surface area (TPSA) is 59.2 Å². The van der Waals surface area contributed by atoms with Crippen molar-refractivity contribution in [2.75, 3.05) is 11.4 Å². The molecule has 1 aromatic heterocycles. The lowest BCUT2D eigenvalue weighted by atomic mass is 10.0. The van der Waals surface area contributed by atoms with Gasteiger partial charge in [0.25, 0.3) is 0 Å². The Hall–Kier alpha value is -2.98. The number of nitrogens with zero attached hydrogens (tertiary/aromatic N) is 2. The minimum absolute atomic E-state index is 0.0803. The first-order chi connectivity index (χ1) is 12.7. The fourth-order valence-corrected chi connectivity index (χ4v) is 3.50. The molecule has 1 aliphatic heterocycles. The van der Waals surface area contributed by atoms with E-state index < -0.39 is 0 Å². The van der Waals surface area contributed by atoms with E-state index in [0.717, 1.165) is 35.3 Å². The second kappa shape index (κ2) is 7.10. The summed E-state index contributed by atoms with van der Waals surface area (Å²) in [4.78, 5) is 18.7. The molecule has 0 radical (unpaired) electrons. The van der Waals surface area contributed by atoms with Crippen molar-refractivity contribution >= 4 is 11.6 Å². The summed E-state index contributed by atoms with van der Waals surface area (Å²) in [6.45, 7) is 0.718. The number of amides is 1. The van der Waals surface area contributed by atoms with Gasteiger partial charge in [0, 0.05) is 37.1 Å². The number of hydrogen-bond donors (Lipinski definition) is 1. The van der Waals surface area contributed by atoms with Crippen LogP contribution in [-0.4, -0.2) is 17.4 Å². The molecule has 0 saturated carbocycles. The van der Waals surface area contributed by atoms with Gasteiger partial charge in [-0.1, -0.05) is 36.4 Å². The normalized spacial score (nSPS) is 14.1. The van der Waals surface area contributed by atoms with Crippen LogP contribution in [0.2, 0.25) is 0 Å².